The van der Waals surface area contributed by atoms with Crippen LogP contribution in [0.25, 0.3) is 0 Å². The second kappa shape index (κ2) is 8.88. The van der Waals surface area contributed by atoms with Crippen LogP contribution in [0.5, 0.6) is 5.75 Å². The van der Waals surface area contributed by atoms with Crippen molar-refractivity contribution in [3.8, 4) is 5.75 Å². The highest BCUT2D eigenvalue weighted by Crippen LogP contribution is 2.52. The number of hydrazone groups is 1. The van der Waals surface area contributed by atoms with Crippen molar-refractivity contribution in [1.82, 2.24) is 5.01 Å². The van der Waals surface area contributed by atoms with E-state index in [-0.39, 0.29) is 35.5 Å². The van der Waals surface area contributed by atoms with Crippen LogP contribution in [-0.4, -0.2) is 23.0 Å². The van der Waals surface area contributed by atoms with Crippen LogP contribution >= 0.6 is 68.4 Å². The van der Waals surface area contributed by atoms with E-state index in [9.17, 15) is 9.59 Å². The monoisotopic (exact) mass is 692 g/mol. The molecule has 4 atom stereocenters. The maximum Gasteiger partial charge on any atom is 0.254 e. The SMILES string of the molecule is O=C1[C@@H]2[C@H](C(=O)N1N=Cc1cc(I)c(OCc3ccc(Cl)c(Cl)c3)c(I)c1)[C@H]1C=C[C@H]2C1. The molecular formula is C23H16Cl2I2N2O3. The molecule has 2 bridgehead atoms. The number of benzene rings is 2. The quantitative estimate of drug-likeness (QED) is 0.169. The van der Waals surface area contributed by atoms with Gasteiger partial charge in [-0.3, -0.25) is 9.59 Å². The third kappa shape index (κ3) is 3.99. The number of rotatable bonds is 5. The first-order valence-electron chi connectivity index (χ1n) is 9.99. The topological polar surface area (TPSA) is 59.0 Å². The molecule has 9 heteroatoms. The number of nitrogens with zero attached hydrogens (tertiary/aromatic N) is 2. The zero-order chi connectivity index (χ0) is 22.6. The molecule has 0 spiro atoms. The molecule has 1 saturated carbocycles. The van der Waals surface area contributed by atoms with E-state index in [0.717, 1.165) is 35.4 Å². The molecule has 32 heavy (non-hydrogen) atoms. The van der Waals surface area contributed by atoms with Crippen molar-refractivity contribution in [3.63, 3.8) is 0 Å². The molecule has 2 fully saturated rings. The predicted octanol–water partition coefficient (Wildman–Crippen LogP) is 5.92. The summed E-state index contributed by atoms with van der Waals surface area (Å²) in [4.78, 5) is 25.6. The molecule has 3 aliphatic rings. The minimum atomic E-state index is -0.243. The lowest BCUT2D eigenvalue weighted by atomic mass is 9.85. The van der Waals surface area contributed by atoms with Gasteiger partial charge < -0.3 is 4.74 Å². The first-order chi connectivity index (χ1) is 15.3. The van der Waals surface area contributed by atoms with Gasteiger partial charge in [0, 0.05) is 0 Å². The molecule has 0 unspecified atom stereocenters. The van der Waals surface area contributed by atoms with E-state index in [1.165, 1.54) is 0 Å². The average Bonchev–Trinajstić information content (AvgIpc) is 3.43. The van der Waals surface area contributed by atoms with Gasteiger partial charge in [-0.15, -0.1) is 0 Å². The van der Waals surface area contributed by atoms with E-state index in [1.54, 1.807) is 18.3 Å². The second-order valence-electron chi connectivity index (χ2n) is 8.08. The lowest BCUT2D eigenvalue weighted by molar-refractivity contribution is -0.140. The maximum absolute atomic E-state index is 12.8. The zero-order valence-electron chi connectivity index (χ0n) is 16.5. The van der Waals surface area contributed by atoms with Crippen molar-refractivity contribution >= 4 is 86.4 Å². The van der Waals surface area contributed by atoms with Gasteiger partial charge in [0.2, 0.25) is 0 Å². The molecule has 5 nitrogen and oxygen atoms in total. The van der Waals surface area contributed by atoms with Crippen LogP contribution in [0.3, 0.4) is 0 Å². The summed E-state index contributed by atoms with van der Waals surface area (Å²) in [6.45, 7) is 0.353. The molecule has 2 amide bonds. The molecule has 0 aromatic heterocycles. The predicted molar refractivity (Wildman–Crippen MR) is 140 cm³/mol. The van der Waals surface area contributed by atoms with E-state index in [4.69, 9.17) is 27.9 Å². The molecule has 2 aromatic rings. The van der Waals surface area contributed by atoms with Gasteiger partial charge in [0.15, 0.2) is 0 Å². The van der Waals surface area contributed by atoms with E-state index in [0.29, 0.717) is 16.7 Å². The molecule has 1 saturated heterocycles. The third-order valence-electron chi connectivity index (χ3n) is 6.16. The number of hydrogen-bond donors (Lipinski definition) is 0. The Bertz CT molecular complexity index is 1150. The van der Waals surface area contributed by atoms with Gasteiger partial charge in [0.25, 0.3) is 11.8 Å². The standard InChI is InChI=1S/C23H16Cl2I2N2O3/c24-15-4-1-11(5-16(15)25)10-32-21-17(26)6-12(7-18(21)27)9-28-29-22(30)19-13-2-3-14(8-13)20(19)23(29)31/h1-7,9,13-14,19-20H,8,10H2/t13-,14-,19-,20+/m0/s1. The fraction of sp³-hybridized carbons (Fsp3) is 0.261. The van der Waals surface area contributed by atoms with E-state index >= 15 is 0 Å². The van der Waals surface area contributed by atoms with Crippen LogP contribution in [0.4, 0.5) is 0 Å². The first-order valence-corrected chi connectivity index (χ1v) is 12.9. The highest BCUT2D eigenvalue weighted by molar-refractivity contribution is 14.1. The van der Waals surface area contributed by atoms with Crippen molar-refractivity contribution in [3.05, 3.63) is 70.8 Å². The summed E-state index contributed by atoms with van der Waals surface area (Å²) >= 11 is 16.5. The Morgan fingerprint density at radius 3 is 2.22 bits per heavy atom. The van der Waals surface area contributed by atoms with Crippen LogP contribution < -0.4 is 4.74 Å². The normalized spacial score (nSPS) is 25.9. The largest absolute Gasteiger partial charge is 0.487 e. The zero-order valence-corrected chi connectivity index (χ0v) is 22.3. The first kappa shape index (κ1) is 22.6. The number of carbonyl (C=O) groups excluding carboxylic acids is 2. The molecule has 0 radical (unpaired) electrons. The lowest BCUT2D eigenvalue weighted by Crippen LogP contribution is -2.28. The summed E-state index contributed by atoms with van der Waals surface area (Å²) in [5.74, 6) is 0.253. The van der Waals surface area contributed by atoms with Crippen LogP contribution in [0.1, 0.15) is 17.5 Å². The number of hydrogen-bond acceptors (Lipinski definition) is 4. The fourth-order valence-electron chi connectivity index (χ4n) is 4.70. The molecule has 1 aliphatic heterocycles. The smallest absolute Gasteiger partial charge is 0.254 e. The summed E-state index contributed by atoms with van der Waals surface area (Å²) in [6.07, 6.45) is 6.63. The second-order valence-corrected chi connectivity index (χ2v) is 11.2. The van der Waals surface area contributed by atoms with Gasteiger partial charge in [-0.25, -0.2) is 0 Å². The minimum Gasteiger partial charge on any atom is -0.487 e. The summed E-state index contributed by atoms with van der Waals surface area (Å²) < 4.78 is 7.80. The van der Waals surface area contributed by atoms with E-state index in [2.05, 4.69) is 62.4 Å². The Labute approximate surface area is 222 Å². The van der Waals surface area contributed by atoms with Gasteiger partial charge >= 0.3 is 0 Å². The summed E-state index contributed by atoms with van der Waals surface area (Å²) in [5.41, 5.74) is 1.70. The van der Waals surface area contributed by atoms with Crippen molar-refractivity contribution in [2.75, 3.05) is 0 Å². The minimum absolute atomic E-state index is 0.176. The van der Waals surface area contributed by atoms with Crippen molar-refractivity contribution in [1.29, 1.82) is 0 Å². The number of fused-ring (bicyclic) bond motifs is 5. The van der Waals surface area contributed by atoms with Gasteiger partial charge in [-0.1, -0.05) is 41.4 Å². The Morgan fingerprint density at radius 2 is 1.62 bits per heavy atom. The molecule has 164 valence electrons. The van der Waals surface area contributed by atoms with Crippen LogP contribution in [0.15, 0.2) is 47.6 Å². The Balaban J connectivity index is 1.30. The van der Waals surface area contributed by atoms with E-state index < -0.39 is 0 Å². The number of allylic oxidation sites excluding steroid dienone is 2. The molecule has 2 aliphatic carbocycles. The lowest BCUT2D eigenvalue weighted by Gasteiger charge is -2.13. The Hall–Kier alpha value is -1.17. The van der Waals surface area contributed by atoms with Crippen LogP contribution in [0, 0.1) is 30.8 Å². The molecule has 5 rings (SSSR count). The van der Waals surface area contributed by atoms with Crippen LogP contribution in [-0.2, 0) is 16.2 Å². The highest BCUT2D eigenvalue weighted by Gasteiger charge is 2.59. The number of ether oxygens (including phenoxy) is 1. The molecule has 2 aromatic carbocycles. The number of carbonyl (C=O) groups is 2. The van der Waals surface area contributed by atoms with Crippen LogP contribution in [0.2, 0.25) is 10.0 Å². The molecule has 0 N–H and O–H groups in total. The third-order valence-corrected chi connectivity index (χ3v) is 8.50. The molecule has 1 heterocycles. The number of amides is 2. The Morgan fingerprint density at radius 1 is 1.00 bits per heavy atom. The number of halogens is 4. The van der Waals surface area contributed by atoms with Gasteiger partial charge in [-0.2, -0.15) is 10.1 Å². The summed E-state index contributed by atoms with van der Waals surface area (Å²) in [6, 6.07) is 9.22. The van der Waals surface area contributed by atoms with Gasteiger partial charge in [-0.05, 0) is 98.8 Å². The van der Waals surface area contributed by atoms with E-state index in [1.807, 2.05) is 18.2 Å². The van der Waals surface area contributed by atoms with Crippen molar-refractivity contribution in [2.24, 2.45) is 28.8 Å². The summed E-state index contributed by atoms with van der Waals surface area (Å²) in [7, 11) is 0. The Kier molecular flexibility index (Phi) is 6.28. The highest BCUT2D eigenvalue weighted by atomic mass is 127. The van der Waals surface area contributed by atoms with Gasteiger partial charge in [0.05, 0.1) is 35.2 Å². The van der Waals surface area contributed by atoms with Crippen molar-refractivity contribution < 1.29 is 14.3 Å². The molecular weight excluding hydrogens is 677 g/mol. The average molecular weight is 693 g/mol. The fourth-order valence-corrected chi connectivity index (χ4v) is 7.15. The maximum atomic E-state index is 12.8. The van der Waals surface area contributed by atoms with Crippen molar-refractivity contribution in [2.45, 2.75) is 13.0 Å². The number of imide groups is 1. The summed E-state index contributed by atoms with van der Waals surface area (Å²) in [5, 5.41) is 6.32. The van der Waals surface area contributed by atoms with Gasteiger partial charge in [0.1, 0.15) is 12.4 Å².